The van der Waals surface area contributed by atoms with Crippen molar-refractivity contribution in [3.8, 4) is 5.75 Å². The summed E-state index contributed by atoms with van der Waals surface area (Å²) in [5.74, 6) is -1.59. The lowest BCUT2D eigenvalue weighted by molar-refractivity contribution is -0.137. The number of rotatable bonds is 7. The van der Waals surface area contributed by atoms with E-state index in [1.807, 2.05) is 24.4 Å². The van der Waals surface area contributed by atoms with Crippen molar-refractivity contribution in [3.05, 3.63) is 57.5 Å². The Labute approximate surface area is 178 Å². The molecule has 30 heavy (non-hydrogen) atoms. The van der Waals surface area contributed by atoms with Crippen LogP contribution in [0.15, 0.2) is 47.1 Å². The summed E-state index contributed by atoms with van der Waals surface area (Å²) in [6.07, 6.45) is 0. The van der Waals surface area contributed by atoms with Crippen LogP contribution in [0.25, 0.3) is 0 Å². The van der Waals surface area contributed by atoms with Gasteiger partial charge in [0.05, 0.1) is 17.3 Å². The number of amides is 3. The molecule has 0 radical (unpaired) electrons. The lowest BCUT2D eigenvalue weighted by Crippen LogP contribution is -2.34. The first-order valence-corrected chi connectivity index (χ1v) is 10.3. The summed E-state index contributed by atoms with van der Waals surface area (Å²) in [5.41, 5.74) is 0.428. The highest BCUT2D eigenvalue weighted by Gasteiger charge is 2.39. The third-order valence-electron chi connectivity index (χ3n) is 4.75. The fraction of sp³-hybridized carbons (Fsp3) is 0.286. The second-order valence-electron chi connectivity index (χ2n) is 7.01. The predicted molar refractivity (Wildman–Crippen MR) is 115 cm³/mol. The maximum absolute atomic E-state index is 12.9. The molecular formula is C21H24N4O4S. The molecule has 0 fully saturated rings. The number of carbonyl (C=O) groups is 3. The van der Waals surface area contributed by atoms with Crippen LogP contribution >= 0.6 is 11.3 Å². The van der Waals surface area contributed by atoms with Crippen molar-refractivity contribution in [3.63, 3.8) is 0 Å². The Balaban J connectivity index is 1.99. The number of phenolic OH excluding ortho intramolecular Hbond substituents is 1. The first-order valence-electron chi connectivity index (χ1n) is 9.47. The number of para-hydroxylation sites is 1. The molecule has 8 nitrogen and oxygen atoms in total. The molecule has 0 unspecified atom stereocenters. The van der Waals surface area contributed by atoms with Crippen LogP contribution in [0.2, 0.25) is 0 Å². The van der Waals surface area contributed by atoms with Gasteiger partial charge in [-0.1, -0.05) is 12.1 Å². The summed E-state index contributed by atoms with van der Waals surface area (Å²) in [7, 11) is 3.16. The number of thiophene rings is 1. The first-order chi connectivity index (χ1) is 14.3. The van der Waals surface area contributed by atoms with Gasteiger partial charge in [0.1, 0.15) is 11.4 Å². The average molecular weight is 429 g/mol. The van der Waals surface area contributed by atoms with Gasteiger partial charge in [0.15, 0.2) is 5.75 Å². The van der Waals surface area contributed by atoms with Crippen LogP contribution in [0.5, 0.6) is 5.75 Å². The number of hydrogen-bond acceptors (Lipinski definition) is 7. The van der Waals surface area contributed by atoms with Gasteiger partial charge in [-0.3, -0.25) is 19.3 Å². The minimum Gasteiger partial charge on any atom is -0.505 e. The number of benzene rings is 1. The molecule has 2 aromatic rings. The van der Waals surface area contributed by atoms with Gasteiger partial charge in [-0.15, -0.1) is 11.3 Å². The van der Waals surface area contributed by atoms with E-state index >= 15 is 0 Å². The molecule has 1 aromatic heterocycles. The Kier molecular flexibility index (Phi) is 6.12. The fourth-order valence-electron chi connectivity index (χ4n) is 3.13. The molecule has 0 saturated heterocycles. The standard InChI is InChI=1S/C21H24N4O4S/c1-5-25-20(28)16(22-12(2)15-10-7-11-30-15)17(21(25)29)23-14-9-6-8-13(18(14)26)19(27)24(3)4/h6-12,22-23,26H,5H2,1-4H3/t12-/m1/s1. The third-order valence-corrected chi connectivity index (χ3v) is 5.80. The van der Waals surface area contributed by atoms with Crippen molar-refractivity contribution in [2.75, 3.05) is 26.0 Å². The largest absolute Gasteiger partial charge is 0.505 e. The van der Waals surface area contributed by atoms with E-state index in [1.54, 1.807) is 44.5 Å². The summed E-state index contributed by atoms with van der Waals surface area (Å²) in [5, 5.41) is 18.5. The Morgan fingerprint density at radius 3 is 2.47 bits per heavy atom. The van der Waals surface area contributed by atoms with Gasteiger partial charge in [-0.05, 0) is 37.4 Å². The van der Waals surface area contributed by atoms with Crippen LogP contribution in [-0.4, -0.2) is 53.3 Å². The van der Waals surface area contributed by atoms with Crippen molar-refractivity contribution >= 4 is 34.7 Å². The number of likely N-dealkylation sites (N-methyl/N-ethyl adjacent to an activating group) is 1. The topological polar surface area (TPSA) is 102 Å². The van der Waals surface area contributed by atoms with Crippen LogP contribution in [0, 0.1) is 0 Å². The van der Waals surface area contributed by atoms with Crippen molar-refractivity contribution in [1.82, 2.24) is 15.1 Å². The minimum absolute atomic E-state index is 0.0370. The molecule has 0 aliphatic carbocycles. The highest BCUT2D eigenvalue weighted by molar-refractivity contribution is 7.10. The van der Waals surface area contributed by atoms with E-state index in [0.29, 0.717) is 0 Å². The van der Waals surface area contributed by atoms with E-state index in [1.165, 1.54) is 11.0 Å². The van der Waals surface area contributed by atoms with Crippen LogP contribution < -0.4 is 10.6 Å². The van der Waals surface area contributed by atoms with E-state index in [-0.39, 0.29) is 46.9 Å². The average Bonchev–Trinajstić information content (AvgIpc) is 3.32. The van der Waals surface area contributed by atoms with E-state index in [9.17, 15) is 19.5 Å². The first kappa shape index (κ1) is 21.4. The van der Waals surface area contributed by atoms with Gasteiger partial charge >= 0.3 is 0 Å². The smallest absolute Gasteiger partial charge is 0.279 e. The third kappa shape index (κ3) is 3.88. The Morgan fingerprint density at radius 1 is 1.17 bits per heavy atom. The minimum atomic E-state index is -0.493. The SMILES string of the molecule is CCN1C(=O)C(Nc2cccc(C(=O)N(C)C)c2O)=C(N[C@H](C)c2cccs2)C1=O. The van der Waals surface area contributed by atoms with Gasteiger partial charge in [0, 0.05) is 25.5 Å². The zero-order valence-electron chi connectivity index (χ0n) is 17.2. The molecule has 1 aliphatic rings. The summed E-state index contributed by atoms with van der Waals surface area (Å²) in [4.78, 5) is 41.5. The van der Waals surface area contributed by atoms with Crippen molar-refractivity contribution in [2.24, 2.45) is 0 Å². The number of aromatic hydroxyl groups is 1. The second-order valence-corrected chi connectivity index (χ2v) is 7.99. The monoisotopic (exact) mass is 428 g/mol. The van der Waals surface area contributed by atoms with Crippen LogP contribution in [-0.2, 0) is 9.59 Å². The van der Waals surface area contributed by atoms with E-state index in [0.717, 1.165) is 9.78 Å². The number of carbonyl (C=O) groups excluding carboxylic acids is 3. The van der Waals surface area contributed by atoms with E-state index in [4.69, 9.17) is 0 Å². The van der Waals surface area contributed by atoms with Crippen LogP contribution in [0.4, 0.5) is 5.69 Å². The molecule has 3 rings (SSSR count). The number of anilines is 1. The van der Waals surface area contributed by atoms with Gasteiger partial charge in [0.25, 0.3) is 17.7 Å². The van der Waals surface area contributed by atoms with Gasteiger partial charge in [-0.2, -0.15) is 0 Å². The number of imide groups is 1. The molecule has 1 atom stereocenters. The number of nitrogens with one attached hydrogen (secondary N) is 2. The molecule has 1 aliphatic heterocycles. The molecule has 0 bridgehead atoms. The van der Waals surface area contributed by atoms with Crippen LogP contribution in [0.1, 0.15) is 35.1 Å². The normalized spacial score (nSPS) is 14.9. The molecule has 158 valence electrons. The summed E-state index contributed by atoms with van der Waals surface area (Å²) >= 11 is 1.54. The highest BCUT2D eigenvalue weighted by Crippen LogP contribution is 2.32. The molecule has 0 saturated carbocycles. The Hall–Kier alpha value is -3.33. The maximum Gasteiger partial charge on any atom is 0.279 e. The van der Waals surface area contributed by atoms with E-state index < -0.39 is 11.8 Å². The van der Waals surface area contributed by atoms with Crippen molar-refractivity contribution in [2.45, 2.75) is 19.9 Å². The molecular weight excluding hydrogens is 404 g/mol. The quantitative estimate of drug-likeness (QED) is 0.463. The zero-order chi connectivity index (χ0) is 22.0. The van der Waals surface area contributed by atoms with Crippen molar-refractivity contribution < 1.29 is 19.5 Å². The molecule has 3 amide bonds. The second kappa shape index (κ2) is 8.58. The van der Waals surface area contributed by atoms with Gasteiger partial charge < -0.3 is 20.6 Å². The van der Waals surface area contributed by atoms with Crippen molar-refractivity contribution in [1.29, 1.82) is 0 Å². The summed E-state index contributed by atoms with van der Waals surface area (Å²) < 4.78 is 0. The fourth-order valence-corrected chi connectivity index (χ4v) is 3.87. The number of hydrogen-bond donors (Lipinski definition) is 3. The Bertz CT molecular complexity index is 1010. The molecule has 2 heterocycles. The molecule has 9 heteroatoms. The predicted octanol–water partition coefficient (Wildman–Crippen LogP) is 2.52. The molecule has 0 spiro atoms. The zero-order valence-corrected chi connectivity index (χ0v) is 18.0. The van der Waals surface area contributed by atoms with E-state index in [2.05, 4.69) is 10.6 Å². The maximum atomic E-state index is 12.9. The number of phenols is 1. The van der Waals surface area contributed by atoms with Gasteiger partial charge in [0.2, 0.25) is 0 Å². The summed E-state index contributed by atoms with van der Waals surface area (Å²) in [6, 6.07) is 8.30. The molecule has 3 N–H and O–H groups in total. The van der Waals surface area contributed by atoms with Gasteiger partial charge in [-0.25, -0.2) is 0 Å². The highest BCUT2D eigenvalue weighted by atomic mass is 32.1. The van der Waals surface area contributed by atoms with Crippen LogP contribution in [0.3, 0.4) is 0 Å². The lowest BCUT2D eigenvalue weighted by atomic mass is 10.1. The molecule has 1 aromatic carbocycles. The number of nitrogens with zero attached hydrogens (tertiary/aromatic N) is 2. The Morgan fingerprint density at radius 2 is 1.87 bits per heavy atom. The lowest BCUT2D eigenvalue weighted by Gasteiger charge is -2.17. The summed E-state index contributed by atoms with van der Waals surface area (Å²) in [6.45, 7) is 3.83.